The molecule has 8 heteroatoms. The van der Waals surface area contributed by atoms with Crippen LogP contribution in [0.4, 0.5) is 0 Å². The number of ether oxygens (including phenoxy) is 1. The number of carboxylic acid groups (broad SMARTS) is 1. The Bertz CT molecular complexity index is 1230. The molecule has 0 spiro atoms. The average molecular weight is 493 g/mol. The van der Waals surface area contributed by atoms with E-state index in [0.717, 1.165) is 39.0 Å². The number of hydrogen-bond acceptors (Lipinski definition) is 7. The van der Waals surface area contributed by atoms with Gasteiger partial charge in [-0.2, -0.15) is 0 Å². The zero-order valence-electron chi connectivity index (χ0n) is 19.9. The largest absolute Gasteiger partial charge is 0.497 e. The molecule has 7 nitrogen and oxygen atoms in total. The van der Waals surface area contributed by atoms with Crippen molar-refractivity contribution < 1.29 is 23.6 Å². The first-order valence-electron chi connectivity index (χ1n) is 11.2. The predicted octanol–water partition coefficient (Wildman–Crippen LogP) is 6.10. The van der Waals surface area contributed by atoms with Crippen LogP contribution in [-0.2, 0) is 24.4 Å². The number of carbonyl (C=O) groups is 1. The van der Waals surface area contributed by atoms with E-state index in [0.29, 0.717) is 19.6 Å². The molecule has 0 amide bonds. The maximum atomic E-state index is 11.4. The molecule has 1 N–H and O–H groups in total. The van der Waals surface area contributed by atoms with Crippen molar-refractivity contribution in [1.29, 1.82) is 0 Å². The fourth-order valence-electron chi connectivity index (χ4n) is 3.56. The number of aromatic nitrogens is 1. The molecule has 35 heavy (non-hydrogen) atoms. The van der Waals surface area contributed by atoms with Crippen LogP contribution in [0.3, 0.4) is 0 Å². The summed E-state index contributed by atoms with van der Waals surface area (Å²) in [4.78, 5) is 14.6. The fraction of sp³-hybridized carbons (Fsp3) is 0.259. The maximum absolute atomic E-state index is 11.4. The highest BCUT2D eigenvalue weighted by molar-refractivity contribution is 8.01. The number of furan rings is 1. The summed E-state index contributed by atoms with van der Waals surface area (Å²) in [6.45, 7) is 5.22. The Morgan fingerprint density at radius 2 is 1.74 bits per heavy atom. The van der Waals surface area contributed by atoms with Gasteiger partial charge in [-0.05, 0) is 67.9 Å². The van der Waals surface area contributed by atoms with E-state index in [-0.39, 0.29) is 0 Å². The number of rotatable bonds is 11. The Kier molecular flexibility index (Phi) is 7.63. The second kappa shape index (κ2) is 10.8. The van der Waals surface area contributed by atoms with Gasteiger partial charge in [0.05, 0.1) is 26.5 Å². The monoisotopic (exact) mass is 492 g/mol. The third kappa shape index (κ3) is 6.55. The lowest BCUT2D eigenvalue weighted by atomic mass is 10.1. The smallest absolute Gasteiger partial charge is 0.319 e. The Labute approximate surface area is 208 Å². The SMILES string of the molecule is COc1ccc(-c2cc(CN(Cc3ccc(SC(C)(C)C(=O)O)cc3)Cc3ccco3)on2)cc1. The molecular weight excluding hydrogens is 464 g/mol. The van der Waals surface area contributed by atoms with Crippen LogP contribution in [0, 0.1) is 0 Å². The molecule has 4 aromatic rings. The molecule has 0 saturated heterocycles. The van der Waals surface area contributed by atoms with Gasteiger partial charge in [0.25, 0.3) is 0 Å². The van der Waals surface area contributed by atoms with Crippen molar-refractivity contribution in [3.05, 3.63) is 90.1 Å². The minimum atomic E-state index is -0.888. The summed E-state index contributed by atoms with van der Waals surface area (Å²) in [5.41, 5.74) is 2.82. The summed E-state index contributed by atoms with van der Waals surface area (Å²) in [7, 11) is 1.64. The van der Waals surface area contributed by atoms with Crippen molar-refractivity contribution in [2.45, 2.75) is 43.1 Å². The molecule has 0 unspecified atom stereocenters. The third-order valence-electron chi connectivity index (χ3n) is 5.50. The molecule has 0 bridgehead atoms. The average Bonchev–Trinajstić information content (AvgIpc) is 3.52. The van der Waals surface area contributed by atoms with Crippen LogP contribution in [-0.4, -0.2) is 33.0 Å². The van der Waals surface area contributed by atoms with E-state index in [1.54, 1.807) is 27.2 Å². The standard InChI is InChI=1S/C27H28N2O5S/c1-27(2,26(30)31)35-24-12-6-19(7-13-24)16-29(17-22-5-4-14-33-22)18-23-15-25(28-34-23)20-8-10-21(32-3)11-9-20/h4-15H,16-18H2,1-3H3,(H,30,31). The first kappa shape index (κ1) is 24.6. The van der Waals surface area contributed by atoms with E-state index in [9.17, 15) is 9.90 Å². The molecule has 0 aliphatic heterocycles. The molecule has 0 fully saturated rings. The van der Waals surface area contributed by atoms with Gasteiger partial charge in [0.1, 0.15) is 22.0 Å². The fourth-order valence-corrected chi connectivity index (χ4v) is 4.50. The second-order valence-electron chi connectivity index (χ2n) is 8.69. The van der Waals surface area contributed by atoms with Crippen LogP contribution >= 0.6 is 11.8 Å². The summed E-state index contributed by atoms with van der Waals surface area (Å²) in [6, 6.07) is 21.4. The molecular formula is C27H28N2O5S. The van der Waals surface area contributed by atoms with Gasteiger partial charge in [0, 0.05) is 23.1 Å². The predicted molar refractivity (Wildman–Crippen MR) is 134 cm³/mol. The van der Waals surface area contributed by atoms with Gasteiger partial charge < -0.3 is 18.8 Å². The highest BCUT2D eigenvalue weighted by atomic mass is 32.2. The summed E-state index contributed by atoms with van der Waals surface area (Å²) >= 11 is 1.33. The van der Waals surface area contributed by atoms with Gasteiger partial charge in [-0.15, -0.1) is 11.8 Å². The maximum Gasteiger partial charge on any atom is 0.319 e. The molecule has 2 heterocycles. The molecule has 0 atom stereocenters. The number of hydrogen-bond donors (Lipinski definition) is 1. The Morgan fingerprint density at radius 1 is 1.03 bits per heavy atom. The molecule has 182 valence electrons. The van der Waals surface area contributed by atoms with Gasteiger partial charge in [0.2, 0.25) is 0 Å². The summed E-state index contributed by atoms with van der Waals surface area (Å²) in [6.07, 6.45) is 1.67. The van der Waals surface area contributed by atoms with Gasteiger partial charge in [0.15, 0.2) is 5.76 Å². The molecule has 0 aliphatic rings. The lowest BCUT2D eigenvalue weighted by Crippen LogP contribution is -2.26. The van der Waals surface area contributed by atoms with E-state index in [2.05, 4.69) is 10.1 Å². The van der Waals surface area contributed by atoms with Crippen molar-refractivity contribution in [3.8, 4) is 17.0 Å². The highest BCUT2D eigenvalue weighted by Crippen LogP contribution is 2.33. The van der Waals surface area contributed by atoms with Gasteiger partial charge >= 0.3 is 5.97 Å². The number of nitrogens with zero attached hydrogens (tertiary/aromatic N) is 2. The first-order valence-corrected chi connectivity index (χ1v) is 12.0. The zero-order chi connectivity index (χ0) is 24.8. The third-order valence-corrected chi connectivity index (χ3v) is 6.69. The van der Waals surface area contributed by atoms with Crippen LogP contribution in [0.2, 0.25) is 0 Å². The molecule has 2 aromatic heterocycles. The number of aliphatic carboxylic acids is 1. The number of benzene rings is 2. The topological polar surface area (TPSA) is 88.9 Å². The molecule has 2 aromatic carbocycles. The normalized spacial score (nSPS) is 11.7. The van der Waals surface area contributed by atoms with Crippen LogP contribution in [0.1, 0.15) is 30.9 Å². The molecule has 0 aliphatic carbocycles. The van der Waals surface area contributed by atoms with Crippen LogP contribution in [0.25, 0.3) is 11.3 Å². The zero-order valence-corrected chi connectivity index (χ0v) is 20.7. The Morgan fingerprint density at radius 3 is 2.37 bits per heavy atom. The summed E-state index contributed by atoms with van der Waals surface area (Å²) < 4.78 is 15.6. The summed E-state index contributed by atoms with van der Waals surface area (Å²) in [5.74, 6) is 1.56. The number of thioether (sulfide) groups is 1. The van der Waals surface area contributed by atoms with E-state index in [1.165, 1.54) is 11.8 Å². The van der Waals surface area contributed by atoms with Crippen LogP contribution in [0.15, 0.2) is 86.8 Å². The van der Waals surface area contributed by atoms with E-state index < -0.39 is 10.7 Å². The number of carboxylic acids is 1. The quantitative estimate of drug-likeness (QED) is 0.251. The minimum absolute atomic E-state index is 0.548. The highest BCUT2D eigenvalue weighted by Gasteiger charge is 2.28. The molecule has 0 saturated carbocycles. The van der Waals surface area contributed by atoms with Gasteiger partial charge in [-0.25, -0.2) is 0 Å². The van der Waals surface area contributed by atoms with Gasteiger partial charge in [-0.1, -0.05) is 17.3 Å². The lowest BCUT2D eigenvalue weighted by molar-refractivity contribution is -0.138. The van der Waals surface area contributed by atoms with Crippen molar-refractivity contribution in [2.75, 3.05) is 7.11 Å². The molecule has 0 radical (unpaired) electrons. The van der Waals surface area contributed by atoms with Crippen molar-refractivity contribution in [2.24, 2.45) is 0 Å². The van der Waals surface area contributed by atoms with Crippen LogP contribution < -0.4 is 4.74 Å². The Hall–Kier alpha value is -3.49. The lowest BCUT2D eigenvalue weighted by Gasteiger charge is -2.21. The van der Waals surface area contributed by atoms with Crippen molar-refractivity contribution >= 4 is 17.7 Å². The Balaban J connectivity index is 1.47. The van der Waals surface area contributed by atoms with Crippen LogP contribution in [0.5, 0.6) is 5.75 Å². The second-order valence-corrected chi connectivity index (χ2v) is 10.4. The first-order chi connectivity index (χ1) is 16.8. The number of methoxy groups -OCH3 is 1. The van der Waals surface area contributed by atoms with Crippen molar-refractivity contribution in [3.63, 3.8) is 0 Å². The molecule has 4 rings (SSSR count). The van der Waals surface area contributed by atoms with Crippen molar-refractivity contribution in [1.82, 2.24) is 10.1 Å². The van der Waals surface area contributed by atoms with E-state index in [1.807, 2.05) is 66.7 Å². The minimum Gasteiger partial charge on any atom is -0.497 e. The summed E-state index contributed by atoms with van der Waals surface area (Å²) in [5, 5.41) is 13.6. The van der Waals surface area contributed by atoms with E-state index in [4.69, 9.17) is 13.7 Å². The van der Waals surface area contributed by atoms with Gasteiger partial charge in [-0.3, -0.25) is 9.69 Å². The van der Waals surface area contributed by atoms with E-state index >= 15 is 0 Å².